The lowest BCUT2D eigenvalue weighted by molar-refractivity contribution is -0.124. The van der Waals surface area contributed by atoms with Crippen LogP contribution in [0.4, 0.5) is 0 Å². The van der Waals surface area contributed by atoms with Crippen LogP contribution in [0.1, 0.15) is 66.2 Å². The number of rotatable bonds is 13. The van der Waals surface area contributed by atoms with Crippen molar-refractivity contribution in [2.45, 2.75) is 96.6 Å². The Kier molecular flexibility index (Phi) is 9.68. The molecule has 0 heterocycles. The summed E-state index contributed by atoms with van der Waals surface area (Å²) in [6.07, 6.45) is 5.34. The molecule has 2 fully saturated rings. The zero-order valence-electron chi connectivity index (χ0n) is 18.0. The van der Waals surface area contributed by atoms with Gasteiger partial charge in [-0.25, -0.2) is 0 Å². The van der Waals surface area contributed by atoms with Crippen molar-refractivity contribution in [3.05, 3.63) is 0 Å². The van der Waals surface area contributed by atoms with Crippen LogP contribution < -0.4 is 10.6 Å². The van der Waals surface area contributed by atoms with Crippen LogP contribution >= 0.6 is 0 Å². The first-order chi connectivity index (χ1) is 13.4. The highest BCUT2D eigenvalue weighted by Gasteiger charge is 2.31. The second kappa shape index (κ2) is 11.7. The average molecular weight is 398 g/mol. The Hall–Kier alpha value is -1.18. The maximum atomic E-state index is 11.4. The van der Waals surface area contributed by atoms with Gasteiger partial charge in [-0.05, 0) is 39.5 Å². The predicted molar refractivity (Wildman–Crippen MR) is 109 cm³/mol. The van der Waals surface area contributed by atoms with E-state index in [1.165, 1.54) is 0 Å². The van der Waals surface area contributed by atoms with E-state index in [1.807, 2.05) is 13.8 Å². The maximum absolute atomic E-state index is 11.4. The SMILES string of the molecule is CCC(=O)NC1CC(OCCN(CCOC2CC(NC(=O)CC)C2)C(C)C)C1. The minimum absolute atomic E-state index is 0.125. The largest absolute Gasteiger partial charge is 0.377 e. The fourth-order valence-corrected chi connectivity index (χ4v) is 3.60. The van der Waals surface area contributed by atoms with Gasteiger partial charge in [0.1, 0.15) is 0 Å². The lowest BCUT2D eigenvalue weighted by Crippen LogP contribution is -2.49. The van der Waals surface area contributed by atoms with Gasteiger partial charge in [0.05, 0.1) is 25.4 Å². The summed E-state index contributed by atoms with van der Waals surface area (Å²) in [5.41, 5.74) is 0. The van der Waals surface area contributed by atoms with Gasteiger partial charge in [-0.1, -0.05) is 13.8 Å². The van der Waals surface area contributed by atoms with Crippen LogP contribution in [0.3, 0.4) is 0 Å². The van der Waals surface area contributed by atoms with Crippen molar-refractivity contribution in [3.8, 4) is 0 Å². The Balaban J connectivity index is 1.51. The molecule has 28 heavy (non-hydrogen) atoms. The van der Waals surface area contributed by atoms with Gasteiger partial charge in [-0.15, -0.1) is 0 Å². The van der Waals surface area contributed by atoms with E-state index in [4.69, 9.17) is 9.47 Å². The summed E-state index contributed by atoms with van der Waals surface area (Å²) in [5, 5.41) is 6.02. The van der Waals surface area contributed by atoms with Gasteiger partial charge >= 0.3 is 0 Å². The Morgan fingerprint density at radius 2 is 1.25 bits per heavy atom. The van der Waals surface area contributed by atoms with Gasteiger partial charge in [0.25, 0.3) is 0 Å². The standard InChI is InChI=1S/C21H39N3O4/c1-5-20(25)22-16-11-18(12-16)27-9-7-24(15(3)4)8-10-28-19-13-17(14-19)23-21(26)6-2/h15-19H,5-14H2,1-4H3,(H,22,25)(H,23,26). The molecule has 7 nitrogen and oxygen atoms in total. The van der Waals surface area contributed by atoms with E-state index in [0.717, 1.165) is 38.8 Å². The van der Waals surface area contributed by atoms with Crippen LogP contribution in [0.15, 0.2) is 0 Å². The Morgan fingerprint density at radius 3 is 1.57 bits per heavy atom. The number of carbonyl (C=O) groups excluding carboxylic acids is 2. The predicted octanol–water partition coefficient (Wildman–Crippen LogP) is 1.84. The van der Waals surface area contributed by atoms with E-state index in [9.17, 15) is 9.59 Å². The minimum atomic E-state index is 0.125. The average Bonchev–Trinajstić information content (AvgIpc) is 2.61. The third kappa shape index (κ3) is 7.68. The normalized spacial score (nSPS) is 26.6. The number of nitrogens with one attached hydrogen (secondary N) is 2. The number of ether oxygens (including phenoxy) is 2. The van der Waals surface area contributed by atoms with E-state index in [0.29, 0.717) is 44.2 Å². The molecule has 0 aromatic rings. The highest BCUT2D eigenvalue weighted by Crippen LogP contribution is 2.24. The van der Waals surface area contributed by atoms with Crippen LogP contribution in [0.2, 0.25) is 0 Å². The molecule has 0 spiro atoms. The molecule has 2 saturated carbocycles. The first kappa shape index (κ1) is 23.1. The van der Waals surface area contributed by atoms with Gasteiger partial charge in [0, 0.05) is 44.1 Å². The van der Waals surface area contributed by atoms with Crippen molar-refractivity contribution in [3.63, 3.8) is 0 Å². The van der Waals surface area contributed by atoms with E-state index < -0.39 is 0 Å². The minimum Gasteiger partial charge on any atom is -0.377 e. The summed E-state index contributed by atoms with van der Waals surface area (Å²) in [4.78, 5) is 25.1. The molecular formula is C21H39N3O4. The first-order valence-corrected chi connectivity index (χ1v) is 11.0. The second-order valence-corrected chi connectivity index (χ2v) is 8.29. The van der Waals surface area contributed by atoms with E-state index in [-0.39, 0.29) is 24.0 Å². The maximum Gasteiger partial charge on any atom is 0.219 e. The monoisotopic (exact) mass is 397 g/mol. The molecular weight excluding hydrogens is 358 g/mol. The molecule has 2 aliphatic rings. The zero-order chi connectivity index (χ0) is 20.5. The van der Waals surface area contributed by atoms with E-state index >= 15 is 0 Å². The van der Waals surface area contributed by atoms with Crippen LogP contribution in [0.5, 0.6) is 0 Å². The fourth-order valence-electron chi connectivity index (χ4n) is 3.60. The number of hydrogen-bond acceptors (Lipinski definition) is 5. The topological polar surface area (TPSA) is 79.9 Å². The van der Waals surface area contributed by atoms with Crippen LogP contribution in [0.25, 0.3) is 0 Å². The summed E-state index contributed by atoms with van der Waals surface area (Å²) >= 11 is 0. The lowest BCUT2D eigenvalue weighted by Gasteiger charge is -2.37. The molecule has 2 N–H and O–H groups in total. The van der Waals surface area contributed by atoms with Gasteiger partial charge in [-0.2, -0.15) is 0 Å². The molecule has 0 aromatic heterocycles. The summed E-state index contributed by atoms with van der Waals surface area (Å²) in [7, 11) is 0. The highest BCUT2D eigenvalue weighted by atomic mass is 16.5. The van der Waals surface area contributed by atoms with Gasteiger partial charge in [-0.3, -0.25) is 14.5 Å². The van der Waals surface area contributed by atoms with Gasteiger partial charge < -0.3 is 20.1 Å². The Morgan fingerprint density at radius 1 is 0.857 bits per heavy atom. The molecule has 0 aromatic carbocycles. The Bertz CT molecular complexity index is 448. The molecule has 7 heteroatoms. The van der Waals surface area contributed by atoms with Crippen molar-refractivity contribution in [2.75, 3.05) is 26.3 Å². The molecule has 0 atom stereocenters. The number of amides is 2. The molecule has 2 rings (SSSR count). The second-order valence-electron chi connectivity index (χ2n) is 8.29. The van der Waals surface area contributed by atoms with E-state index in [1.54, 1.807) is 0 Å². The first-order valence-electron chi connectivity index (χ1n) is 11.0. The van der Waals surface area contributed by atoms with Crippen LogP contribution in [-0.4, -0.2) is 73.4 Å². The van der Waals surface area contributed by atoms with E-state index in [2.05, 4.69) is 29.4 Å². The quantitative estimate of drug-likeness (QED) is 0.496. The number of hydrogen-bond donors (Lipinski definition) is 2. The van der Waals surface area contributed by atoms with Crippen molar-refractivity contribution >= 4 is 11.8 Å². The molecule has 162 valence electrons. The lowest BCUT2D eigenvalue weighted by atomic mass is 9.89. The molecule has 0 bridgehead atoms. The number of carbonyl (C=O) groups is 2. The molecule has 0 unspecified atom stereocenters. The van der Waals surface area contributed by atoms with Crippen molar-refractivity contribution in [1.29, 1.82) is 0 Å². The Labute approximate surface area is 169 Å². The molecule has 0 radical (unpaired) electrons. The summed E-state index contributed by atoms with van der Waals surface area (Å²) in [6.45, 7) is 11.3. The van der Waals surface area contributed by atoms with Crippen molar-refractivity contribution in [2.24, 2.45) is 0 Å². The summed E-state index contributed by atoms with van der Waals surface area (Å²) in [6, 6.07) is 1.03. The molecule has 2 aliphatic carbocycles. The van der Waals surface area contributed by atoms with Crippen LogP contribution in [0, 0.1) is 0 Å². The van der Waals surface area contributed by atoms with Gasteiger partial charge in [0.2, 0.25) is 11.8 Å². The third-order valence-corrected chi connectivity index (χ3v) is 5.76. The fraction of sp³-hybridized carbons (Fsp3) is 0.905. The zero-order valence-corrected chi connectivity index (χ0v) is 18.0. The van der Waals surface area contributed by atoms with Crippen LogP contribution in [-0.2, 0) is 19.1 Å². The summed E-state index contributed by atoms with van der Waals surface area (Å²) in [5.74, 6) is 0.250. The number of nitrogens with zero attached hydrogens (tertiary/aromatic N) is 1. The summed E-state index contributed by atoms with van der Waals surface area (Å²) < 4.78 is 11.9. The third-order valence-electron chi connectivity index (χ3n) is 5.76. The molecule has 2 amide bonds. The molecule has 0 saturated heterocycles. The molecule has 0 aliphatic heterocycles. The van der Waals surface area contributed by atoms with Crippen molar-refractivity contribution in [1.82, 2.24) is 15.5 Å². The highest BCUT2D eigenvalue weighted by molar-refractivity contribution is 5.76. The smallest absolute Gasteiger partial charge is 0.219 e. The van der Waals surface area contributed by atoms with Gasteiger partial charge in [0.15, 0.2) is 0 Å². The van der Waals surface area contributed by atoms with Crippen molar-refractivity contribution < 1.29 is 19.1 Å².